The Bertz CT molecular complexity index is 1160. The van der Waals surface area contributed by atoms with Crippen LogP contribution in [0.1, 0.15) is 45.5 Å². The van der Waals surface area contributed by atoms with Gasteiger partial charge in [0.15, 0.2) is 5.78 Å². The van der Waals surface area contributed by atoms with E-state index in [1.807, 2.05) is 30.5 Å². The van der Waals surface area contributed by atoms with Crippen molar-refractivity contribution in [3.8, 4) is 5.95 Å². The summed E-state index contributed by atoms with van der Waals surface area (Å²) in [6.07, 6.45) is 3.70. The van der Waals surface area contributed by atoms with Crippen molar-refractivity contribution >= 4 is 27.3 Å². The summed E-state index contributed by atoms with van der Waals surface area (Å²) < 4.78 is 3.18. The van der Waals surface area contributed by atoms with Crippen LogP contribution in [-0.2, 0) is 0 Å². The van der Waals surface area contributed by atoms with Gasteiger partial charge in [-0.05, 0) is 51.4 Å². The summed E-state index contributed by atoms with van der Waals surface area (Å²) in [6, 6.07) is 10.3. The molecule has 7 nitrogen and oxygen atoms in total. The lowest BCUT2D eigenvalue weighted by atomic mass is 9.98. The lowest BCUT2D eigenvalue weighted by Crippen LogP contribution is -2.38. The zero-order chi connectivity index (χ0) is 20.7. The van der Waals surface area contributed by atoms with Gasteiger partial charge in [0.05, 0.1) is 21.8 Å². The average Bonchev–Trinajstić information content (AvgIpc) is 3.47. The number of fused-ring (bicyclic) bond motifs is 1. The third-order valence-electron chi connectivity index (χ3n) is 5.88. The molecule has 1 saturated heterocycles. The molecule has 1 fully saturated rings. The minimum absolute atomic E-state index is 0.152. The maximum Gasteiger partial charge on any atom is 0.229 e. The topological polar surface area (TPSA) is 79.7 Å². The highest BCUT2D eigenvalue weighted by Crippen LogP contribution is 2.33. The van der Waals surface area contributed by atoms with Crippen LogP contribution in [0.4, 0.5) is 0 Å². The first-order valence-corrected chi connectivity index (χ1v) is 11.1. The minimum atomic E-state index is 0.152. The van der Waals surface area contributed by atoms with E-state index in [9.17, 15) is 4.79 Å². The van der Waals surface area contributed by atoms with E-state index in [0.717, 1.165) is 48.4 Å². The number of carbonyl (C=O) groups excluding carboxylic acids is 1. The lowest BCUT2D eigenvalue weighted by Gasteiger charge is -2.31. The second-order valence-electron chi connectivity index (χ2n) is 7.95. The van der Waals surface area contributed by atoms with E-state index < -0.39 is 0 Å². The van der Waals surface area contributed by atoms with Gasteiger partial charge in [-0.2, -0.15) is 10.1 Å². The summed E-state index contributed by atoms with van der Waals surface area (Å²) in [7, 11) is 0. The molecule has 0 amide bonds. The van der Waals surface area contributed by atoms with E-state index in [4.69, 9.17) is 4.98 Å². The number of rotatable bonds is 5. The number of hydrogen-bond acceptors (Lipinski definition) is 6. The third-order valence-corrected chi connectivity index (χ3v) is 7.08. The van der Waals surface area contributed by atoms with Gasteiger partial charge in [0.2, 0.25) is 5.95 Å². The van der Waals surface area contributed by atoms with Crippen LogP contribution in [0.3, 0.4) is 0 Å². The second-order valence-corrected chi connectivity index (χ2v) is 9.01. The van der Waals surface area contributed by atoms with Gasteiger partial charge in [-0.15, -0.1) is 11.3 Å². The molecular weight excluding hydrogens is 396 g/mol. The van der Waals surface area contributed by atoms with E-state index >= 15 is 0 Å². The second kappa shape index (κ2) is 7.77. The van der Waals surface area contributed by atoms with E-state index in [1.165, 1.54) is 16.0 Å². The number of para-hydroxylation sites is 1. The summed E-state index contributed by atoms with van der Waals surface area (Å²) in [4.78, 5) is 24.5. The number of H-pyrrole nitrogens is 1. The molecule has 1 aliphatic rings. The summed E-state index contributed by atoms with van der Waals surface area (Å²) >= 11 is 1.78. The minimum Gasteiger partial charge on any atom is -0.295 e. The Morgan fingerprint density at radius 1 is 1.30 bits per heavy atom. The Labute approximate surface area is 178 Å². The Balaban J connectivity index is 1.32. The molecule has 30 heavy (non-hydrogen) atoms. The number of carbonyl (C=O) groups is 1. The number of likely N-dealkylation sites (tertiary alicyclic amines) is 1. The molecule has 3 aromatic heterocycles. The Morgan fingerprint density at radius 2 is 2.17 bits per heavy atom. The van der Waals surface area contributed by atoms with Crippen molar-refractivity contribution in [1.82, 2.24) is 29.6 Å². The number of benzene rings is 1. The molecule has 8 heteroatoms. The number of Topliss-reactive ketones (excluding diaryl/α,β-unsaturated/α-hetero) is 1. The zero-order valence-corrected chi connectivity index (χ0v) is 17.9. The highest BCUT2D eigenvalue weighted by atomic mass is 32.1. The number of aromatic nitrogens is 5. The van der Waals surface area contributed by atoms with Crippen molar-refractivity contribution in [2.24, 2.45) is 0 Å². The monoisotopic (exact) mass is 420 g/mol. The number of nitrogens with zero attached hydrogens (tertiary/aromatic N) is 5. The van der Waals surface area contributed by atoms with Crippen LogP contribution in [0.5, 0.6) is 0 Å². The molecule has 4 aromatic rings. The van der Waals surface area contributed by atoms with E-state index in [-0.39, 0.29) is 5.78 Å². The molecule has 0 radical (unpaired) electrons. The number of thiazole rings is 1. The number of hydrogen-bond donors (Lipinski definition) is 1. The highest BCUT2D eigenvalue weighted by molar-refractivity contribution is 7.18. The molecule has 5 rings (SSSR count). The standard InChI is InChI=1S/C22H24N6OS/c1-14-10-17(15(2)28(14)22-23-13-24-26-22)19(29)12-27-9-5-6-16(11-27)21-25-18-7-3-4-8-20(18)30-21/h3-4,7-8,10,13,16H,5-6,9,11-12H2,1-2H3,(H,23,24,26)/t16-/m1/s1. The number of nitrogens with one attached hydrogen (secondary N) is 1. The molecule has 1 N–H and O–H groups in total. The van der Waals surface area contributed by atoms with Crippen LogP contribution in [0, 0.1) is 13.8 Å². The quantitative estimate of drug-likeness (QED) is 0.496. The Hall–Kier alpha value is -2.84. The first-order valence-electron chi connectivity index (χ1n) is 10.3. The molecule has 1 atom stereocenters. The smallest absolute Gasteiger partial charge is 0.229 e. The van der Waals surface area contributed by atoms with E-state index in [0.29, 0.717) is 18.4 Å². The average molecular weight is 421 g/mol. The summed E-state index contributed by atoms with van der Waals surface area (Å²) in [5.74, 6) is 1.18. The fraction of sp³-hybridized carbons (Fsp3) is 0.364. The van der Waals surface area contributed by atoms with Crippen molar-refractivity contribution in [3.05, 3.63) is 58.6 Å². The van der Waals surface area contributed by atoms with Crippen molar-refractivity contribution in [2.75, 3.05) is 19.6 Å². The lowest BCUT2D eigenvalue weighted by molar-refractivity contribution is 0.0906. The van der Waals surface area contributed by atoms with Gasteiger partial charge in [-0.25, -0.2) is 10.1 Å². The van der Waals surface area contributed by atoms with E-state index in [2.05, 4.69) is 38.3 Å². The molecule has 0 aliphatic carbocycles. The summed E-state index contributed by atoms with van der Waals surface area (Å²) in [5, 5.41) is 8.00. The van der Waals surface area contributed by atoms with Crippen molar-refractivity contribution in [1.29, 1.82) is 0 Å². The van der Waals surface area contributed by atoms with Crippen LogP contribution in [0.15, 0.2) is 36.7 Å². The van der Waals surface area contributed by atoms with Crippen LogP contribution >= 0.6 is 11.3 Å². The Morgan fingerprint density at radius 3 is 2.97 bits per heavy atom. The normalized spacial score (nSPS) is 17.6. The molecule has 1 aliphatic heterocycles. The molecule has 0 bridgehead atoms. The van der Waals surface area contributed by atoms with Gasteiger partial charge in [-0.3, -0.25) is 14.3 Å². The third kappa shape index (κ3) is 3.46. The van der Waals surface area contributed by atoms with Gasteiger partial charge < -0.3 is 0 Å². The van der Waals surface area contributed by atoms with Gasteiger partial charge in [0.25, 0.3) is 0 Å². The maximum atomic E-state index is 13.1. The van der Waals surface area contributed by atoms with Gasteiger partial charge >= 0.3 is 0 Å². The maximum absolute atomic E-state index is 13.1. The molecule has 1 aromatic carbocycles. The number of ketones is 1. The summed E-state index contributed by atoms with van der Waals surface area (Å²) in [5.41, 5.74) is 3.70. The Kier molecular flexibility index (Phi) is 4.96. The number of aryl methyl sites for hydroxylation is 1. The fourth-order valence-electron chi connectivity index (χ4n) is 4.43. The summed E-state index contributed by atoms with van der Waals surface area (Å²) in [6.45, 7) is 6.21. The largest absolute Gasteiger partial charge is 0.295 e. The number of piperidine rings is 1. The molecule has 154 valence electrons. The van der Waals surface area contributed by atoms with Crippen LogP contribution < -0.4 is 0 Å². The van der Waals surface area contributed by atoms with Crippen LogP contribution in [0.2, 0.25) is 0 Å². The fourth-order valence-corrected chi connectivity index (χ4v) is 5.52. The zero-order valence-electron chi connectivity index (χ0n) is 17.1. The van der Waals surface area contributed by atoms with Crippen LogP contribution in [-0.4, -0.2) is 55.0 Å². The molecule has 0 saturated carbocycles. The van der Waals surface area contributed by atoms with Crippen molar-refractivity contribution in [3.63, 3.8) is 0 Å². The molecule has 4 heterocycles. The van der Waals surface area contributed by atoms with Gasteiger partial charge in [0, 0.05) is 29.4 Å². The predicted molar refractivity (Wildman–Crippen MR) is 118 cm³/mol. The van der Waals surface area contributed by atoms with Gasteiger partial charge in [0.1, 0.15) is 6.33 Å². The van der Waals surface area contributed by atoms with Crippen molar-refractivity contribution in [2.45, 2.75) is 32.6 Å². The van der Waals surface area contributed by atoms with E-state index in [1.54, 1.807) is 11.3 Å². The SMILES string of the molecule is Cc1cc(C(=O)CN2CCC[C@@H](c3nc4ccccc4s3)C2)c(C)n1-c1ncn[nH]1. The first kappa shape index (κ1) is 19.1. The predicted octanol–water partition coefficient (Wildman–Crippen LogP) is 3.88. The first-order chi connectivity index (χ1) is 14.6. The van der Waals surface area contributed by atoms with Crippen molar-refractivity contribution < 1.29 is 4.79 Å². The van der Waals surface area contributed by atoms with Gasteiger partial charge in [-0.1, -0.05) is 12.1 Å². The highest BCUT2D eigenvalue weighted by Gasteiger charge is 2.27. The number of aromatic amines is 1. The van der Waals surface area contributed by atoms with Crippen LogP contribution in [0.25, 0.3) is 16.2 Å². The molecule has 0 unspecified atom stereocenters. The molecule has 0 spiro atoms. The molecular formula is C22H24N6OS.